The molecule has 126 valence electrons. The summed E-state index contributed by atoms with van der Waals surface area (Å²) in [6, 6.07) is 13.0. The highest BCUT2D eigenvalue weighted by molar-refractivity contribution is 14.1. The summed E-state index contributed by atoms with van der Waals surface area (Å²) in [5, 5.41) is 6.08. The van der Waals surface area contributed by atoms with Crippen molar-refractivity contribution in [3.8, 4) is 5.75 Å². The van der Waals surface area contributed by atoms with Gasteiger partial charge in [-0.2, -0.15) is 0 Å². The molecule has 0 bridgehead atoms. The topological polar surface area (TPSA) is 50.4 Å². The van der Waals surface area contributed by atoms with E-state index in [0.29, 0.717) is 12.2 Å². The van der Waals surface area contributed by atoms with Gasteiger partial charge in [0.15, 0.2) is 5.11 Å². The van der Waals surface area contributed by atoms with E-state index >= 15 is 0 Å². The van der Waals surface area contributed by atoms with E-state index in [1.165, 1.54) is 3.57 Å². The van der Waals surface area contributed by atoms with Gasteiger partial charge in [0.2, 0.25) is 0 Å². The van der Waals surface area contributed by atoms with Crippen LogP contribution >= 0.6 is 34.8 Å². The van der Waals surface area contributed by atoms with E-state index in [9.17, 15) is 4.79 Å². The van der Waals surface area contributed by atoms with Gasteiger partial charge in [0.25, 0.3) is 5.91 Å². The summed E-state index contributed by atoms with van der Waals surface area (Å²) in [7, 11) is 0. The zero-order valence-corrected chi connectivity index (χ0v) is 16.5. The highest BCUT2D eigenvalue weighted by Crippen LogP contribution is 2.19. The number of halogens is 1. The Morgan fingerprint density at radius 1 is 1.17 bits per heavy atom. The van der Waals surface area contributed by atoms with Crippen LogP contribution in [0.5, 0.6) is 5.75 Å². The quantitative estimate of drug-likeness (QED) is 0.520. The van der Waals surface area contributed by atoms with Crippen molar-refractivity contribution in [3.05, 3.63) is 57.2 Å². The van der Waals surface area contributed by atoms with Crippen LogP contribution in [0, 0.1) is 3.57 Å². The van der Waals surface area contributed by atoms with Crippen LogP contribution in [-0.4, -0.2) is 17.6 Å². The molecule has 0 saturated carbocycles. The summed E-state index contributed by atoms with van der Waals surface area (Å²) >= 11 is 7.52. The van der Waals surface area contributed by atoms with E-state index in [0.717, 1.165) is 23.4 Å². The molecule has 6 heteroatoms. The third kappa shape index (κ3) is 5.17. The van der Waals surface area contributed by atoms with Crippen LogP contribution in [0.1, 0.15) is 29.8 Å². The van der Waals surface area contributed by atoms with Crippen molar-refractivity contribution in [3.63, 3.8) is 0 Å². The van der Waals surface area contributed by atoms with Crippen molar-refractivity contribution in [1.29, 1.82) is 0 Å². The second kappa shape index (κ2) is 8.98. The van der Waals surface area contributed by atoms with Crippen LogP contribution in [0.25, 0.3) is 0 Å². The minimum Gasteiger partial charge on any atom is -0.494 e. The average molecular weight is 454 g/mol. The Bertz CT molecular complexity index is 732. The van der Waals surface area contributed by atoms with Gasteiger partial charge in [-0.15, -0.1) is 0 Å². The molecule has 2 N–H and O–H groups in total. The lowest BCUT2D eigenvalue weighted by Gasteiger charge is -2.13. The normalized spacial score (nSPS) is 10.1. The van der Waals surface area contributed by atoms with E-state index in [-0.39, 0.29) is 11.0 Å². The smallest absolute Gasteiger partial charge is 0.257 e. The van der Waals surface area contributed by atoms with E-state index in [1.807, 2.05) is 19.1 Å². The van der Waals surface area contributed by atoms with Crippen molar-refractivity contribution < 1.29 is 9.53 Å². The zero-order chi connectivity index (χ0) is 17.5. The van der Waals surface area contributed by atoms with Crippen LogP contribution in [0.15, 0.2) is 42.5 Å². The maximum atomic E-state index is 12.2. The molecule has 0 radical (unpaired) electrons. The Hall–Kier alpha value is -1.67. The molecule has 0 aliphatic heterocycles. The van der Waals surface area contributed by atoms with Gasteiger partial charge in [-0.3, -0.25) is 10.1 Å². The highest BCUT2D eigenvalue weighted by atomic mass is 127. The molecule has 0 unspecified atom stereocenters. The third-order valence-corrected chi connectivity index (χ3v) is 4.23. The largest absolute Gasteiger partial charge is 0.494 e. The number of nitrogens with one attached hydrogen (secondary N) is 2. The molecular formula is C18H19IN2O2S. The predicted molar refractivity (Wildman–Crippen MR) is 110 cm³/mol. The summed E-state index contributed by atoms with van der Waals surface area (Å²) in [5.41, 5.74) is 2.59. The molecule has 1 amide bonds. The molecule has 0 atom stereocenters. The first kappa shape index (κ1) is 18.7. The molecule has 0 aliphatic carbocycles. The Morgan fingerprint density at radius 2 is 1.88 bits per heavy atom. The minimum absolute atomic E-state index is 0.251. The molecule has 4 nitrogen and oxygen atoms in total. The molecule has 0 heterocycles. The van der Waals surface area contributed by atoms with Crippen molar-refractivity contribution in [2.45, 2.75) is 20.3 Å². The standard InChI is InChI=1S/C18H19IN2O2S/c1-3-12-11-14(19)7-10-16(12)20-18(24)21-17(22)13-5-8-15(9-6-13)23-4-2/h5-11H,3-4H2,1-2H3,(H2,20,21,22,24). The Balaban J connectivity index is 2.00. The average Bonchev–Trinajstić information content (AvgIpc) is 2.57. The number of carbonyl (C=O) groups is 1. The lowest BCUT2D eigenvalue weighted by atomic mass is 10.1. The highest BCUT2D eigenvalue weighted by Gasteiger charge is 2.09. The molecule has 2 rings (SSSR count). The molecule has 0 saturated heterocycles. The third-order valence-electron chi connectivity index (χ3n) is 3.35. The summed E-state index contributed by atoms with van der Waals surface area (Å²) in [5.74, 6) is 0.486. The molecule has 0 aromatic heterocycles. The fraction of sp³-hybridized carbons (Fsp3) is 0.222. The molecular weight excluding hydrogens is 435 g/mol. The predicted octanol–water partition coefficient (Wildman–Crippen LogP) is 4.38. The van der Waals surface area contributed by atoms with Gasteiger partial charge in [-0.1, -0.05) is 6.92 Å². The number of ether oxygens (including phenoxy) is 1. The molecule has 0 spiro atoms. The van der Waals surface area contributed by atoms with Crippen LogP contribution in [0.2, 0.25) is 0 Å². The lowest BCUT2D eigenvalue weighted by Crippen LogP contribution is -2.34. The van der Waals surface area contributed by atoms with Crippen molar-refractivity contribution in [1.82, 2.24) is 5.32 Å². The van der Waals surface area contributed by atoms with Crippen LogP contribution in [0.3, 0.4) is 0 Å². The second-order valence-corrected chi connectivity index (χ2v) is 6.67. The number of anilines is 1. The first-order valence-electron chi connectivity index (χ1n) is 7.67. The number of benzene rings is 2. The summed E-state index contributed by atoms with van der Waals surface area (Å²) in [6.45, 7) is 4.59. The Morgan fingerprint density at radius 3 is 2.50 bits per heavy atom. The van der Waals surface area contributed by atoms with E-state index in [1.54, 1.807) is 24.3 Å². The minimum atomic E-state index is -0.251. The van der Waals surface area contributed by atoms with Crippen molar-refractivity contribution in [2.75, 3.05) is 11.9 Å². The molecule has 0 fully saturated rings. The lowest BCUT2D eigenvalue weighted by molar-refractivity contribution is 0.0977. The number of hydrogen-bond donors (Lipinski definition) is 2. The van der Waals surface area contributed by atoms with E-state index in [4.69, 9.17) is 17.0 Å². The first-order chi connectivity index (χ1) is 11.5. The van der Waals surface area contributed by atoms with Gasteiger partial charge in [-0.05, 0) is 96.2 Å². The fourth-order valence-electron chi connectivity index (χ4n) is 2.17. The summed E-state index contributed by atoms with van der Waals surface area (Å²) in [4.78, 5) is 12.2. The number of amides is 1. The van der Waals surface area contributed by atoms with Gasteiger partial charge < -0.3 is 10.1 Å². The molecule has 2 aromatic rings. The number of carbonyl (C=O) groups excluding carboxylic acids is 1. The van der Waals surface area contributed by atoms with Crippen molar-refractivity contribution >= 4 is 51.5 Å². The molecule has 2 aromatic carbocycles. The van der Waals surface area contributed by atoms with Gasteiger partial charge in [0.05, 0.1) is 6.61 Å². The number of thiocarbonyl (C=S) groups is 1. The van der Waals surface area contributed by atoms with Gasteiger partial charge in [0, 0.05) is 14.8 Å². The molecule has 24 heavy (non-hydrogen) atoms. The Labute approximate surface area is 161 Å². The number of aryl methyl sites for hydroxylation is 1. The second-order valence-electron chi connectivity index (χ2n) is 5.02. The van der Waals surface area contributed by atoms with Crippen molar-refractivity contribution in [2.24, 2.45) is 0 Å². The van der Waals surface area contributed by atoms with Gasteiger partial charge >= 0.3 is 0 Å². The fourth-order valence-corrected chi connectivity index (χ4v) is 2.93. The number of rotatable bonds is 5. The van der Waals surface area contributed by atoms with Crippen LogP contribution < -0.4 is 15.4 Å². The van der Waals surface area contributed by atoms with Gasteiger partial charge in [0.1, 0.15) is 5.75 Å². The van der Waals surface area contributed by atoms with E-state index < -0.39 is 0 Å². The summed E-state index contributed by atoms with van der Waals surface area (Å²) < 4.78 is 6.53. The van der Waals surface area contributed by atoms with Crippen LogP contribution in [-0.2, 0) is 6.42 Å². The van der Waals surface area contributed by atoms with E-state index in [2.05, 4.69) is 46.2 Å². The van der Waals surface area contributed by atoms with Crippen LogP contribution in [0.4, 0.5) is 5.69 Å². The summed E-state index contributed by atoms with van der Waals surface area (Å²) in [6.07, 6.45) is 0.884. The monoisotopic (exact) mass is 454 g/mol. The Kier molecular flexibility index (Phi) is 6.99. The first-order valence-corrected chi connectivity index (χ1v) is 9.15. The zero-order valence-electron chi connectivity index (χ0n) is 13.6. The van der Waals surface area contributed by atoms with Gasteiger partial charge in [-0.25, -0.2) is 0 Å². The number of hydrogen-bond acceptors (Lipinski definition) is 3. The maximum absolute atomic E-state index is 12.2. The maximum Gasteiger partial charge on any atom is 0.257 e. The SMILES string of the molecule is CCOc1ccc(C(=O)NC(=S)Nc2ccc(I)cc2CC)cc1. The molecule has 0 aliphatic rings.